The Kier molecular flexibility index (Phi) is 6.35. The number of rotatable bonds is 5. The lowest BCUT2D eigenvalue weighted by Gasteiger charge is -2.23. The van der Waals surface area contributed by atoms with Gasteiger partial charge in [-0.15, -0.1) is 0 Å². The third-order valence-electron chi connectivity index (χ3n) is 4.78. The second kappa shape index (κ2) is 8.91. The van der Waals surface area contributed by atoms with E-state index in [-0.39, 0.29) is 24.3 Å². The molecule has 0 unspecified atom stereocenters. The van der Waals surface area contributed by atoms with Crippen LogP contribution >= 0.6 is 11.6 Å². The van der Waals surface area contributed by atoms with E-state index in [4.69, 9.17) is 17.3 Å². The maximum absolute atomic E-state index is 12.6. The number of benzene rings is 2. The summed E-state index contributed by atoms with van der Waals surface area (Å²) < 4.78 is 0. The van der Waals surface area contributed by atoms with Gasteiger partial charge in [0.25, 0.3) is 5.91 Å². The van der Waals surface area contributed by atoms with Gasteiger partial charge in [0.05, 0.1) is 17.0 Å². The molecule has 1 fully saturated rings. The summed E-state index contributed by atoms with van der Waals surface area (Å²) in [6, 6.07) is 12.3. The van der Waals surface area contributed by atoms with E-state index in [0.717, 1.165) is 31.2 Å². The molecule has 4 N–H and O–H groups in total. The van der Waals surface area contributed by atoms with E-state index in [1.165, 1.54) is 6.42 Å². The van der Waals surface area contributed by atoms with Crippen molar-refractivity contribution < 1.29 is 9.59 Å². The fraction of sp³-hybridized carbons (Fsp3) is 0.333. The van der Waals surface area contributed by atoms with Gasteiger partial charge in [0.15, 0.2) is 0 Å². The summed E-state index contributed by atoms with van der Waals surface area (Å²) >= 11 is 6.20. The number of carbonyl (C=O) groups is 2. The Morgan fingerprint density at radius 3 is 2.44 bits per heavy atom. The van der Waals surface area contributed by atoms with Crippen molar-refractivity contribution in [3.63, 3.8) is 0 Å². The maximum atomic E-state index is 12.6. The number of nitrogens with two attached hydrogens (primary N) is 1. The van der Waals surface area contributed by atoms with E-state index in [1.807, 2.05) is 12.1 Å². The smallest absolute Gasteiger partial charge is 0.253 e. The van der Waals surface area contributed by atoms with Gasteiger partial charge in [0, 0.05) is 17.4 Å². The van der Waals surface area contributed by atoms with Gasteiger partial charge in [-0.2, -0.15) is 0 Å². The van der Waals surface area contributed by atoms with Gasteiger partial charge in [0.1, 0.15) is 0 Å². The first-order chi connectivity index (χ1) is 13.0. The van der Waals surface area contributed by atoms with E-state index in [9.17, 15) is 9.59 Å². The van der Waals surface area contributed by atoms with Crippen molar-refractivity contribution in [3.05, 3.63) is 58.6 Å². The fourth-order valence-corrected chi connectivity index (χ4v) is 3.52. The molecular formula is C21H24ClN3O2. The minimum absolute atomic E-state index is 0.166. The highest BCUT2D eigenvalue weighted by Crippen LogP contribution is 2.23. The lowest BCUT2D eigenvalue weighted by atomic mass is 9.95. The molecule has 3 rings (SSSR count). The lowest BCUT2D eigenvalue weighted by Crippen LogP contribution is -2.36. The van der Waals surface area contributed by atoms with Crippen LogP contribution in [-0.2, 0) is 11.2 Å². The average Bonchev–Trinajstić information content (AvgIpc) is 2.66. The largest absolute Gasteiger partial charge is 0.399 e. The monoisotopic (exact) mass is 385 g/mol. The second-order valence-electron chi connectivity index (χ2n) is 6.97. The minimum Gasteiger partial charge on any atom is -0.399 e. The number of nitrogens with one attached hydrogen (secondary N) is 2. The topological polar surface area (TPSA) is 84.2 Å². The van der Waals surface area contributed by atoms with Crippen LogP contribution < -0.4 is 16.4 Å². The number of hydrogen-bond acceptors (Lipinski definition) is 3. The Balaban J connectivity index is 1.64. The molecule has 6 heteroatoms. The molecule has 2 aromatic carbocycles. The minimum atomic E-state index is -0.193. The zero-order valence-corrected chi connectivity index (χ0v) is 15.9. The molecule has 0 heterocycles. The SMILES string of the molecule is Nc1ccc(CC(=O)Nc2ccc(Cl)c(C(=O)NC3CCCCC3)c2)cc1. The van der Waals surface area contributed by atoms with Crippen molar-refractivity contribution in [1.82, 2.24) is 5.32 Å². The number of amides is 2. The van der Waals surface area contributed by atoms with Crippen LogP contribution in [0.4, 0.5) is 11.4 Å². The first-order valence-corrected chi connectivity index (χ1v) is 9.64. The first kappa shape index (κ1) is 19.2. The normalized spacial score (nSPS) is 14.6. The van der Waals surface area contributed by atoms with Crippen molar-refractivity contribution in [3.8, 4) is 0 Å². The number of hydrogen-bond donors (Lipinski definition) is 3. The van der Waals surface area contributed by atoms with E-state index >= 15 is 0 Å². The molecule has 0 atom stereocenters. The molecule has 2 aromatic rings. The molecule has 0 aliphatic heterocycles. The van der Waals surface area contributed by atoms with Gasteiger partial charge >= 0.3 is 0 Å². The Bertz CT molecular complexity index is 815. The molecule has 0 bridgehead atoms. The molecule has 1 saturated carbocycles. The van der Waals surface area contributed by atoms with Crippen LogP contribution in [0.1, 0.15) is 48.0 Å². The molecular weight excluding hydrogens is 362 g/mol. The molecule has 0 spiro atoms. The van der Waals surface area contributed by atoms with Crippen LogP contribution in [-0.4, -0.2) is 17.9 Å². The molecule has 1 aliphatic rings. The van der Waals surface area contributed by atoms with Crippen LogP contribution in [0.5, 0.6) is 0 Å². The molecule has 0 radical (unpaired) electrons. The van der Waals surface area contributed by atoms with Crippen LogP contribution in [0, 0.1) is 0 Å². The van der Waals surface area contributed by atoms with Gasteiger partial charge in [-0.3, -0.25) is 9.59 Å². The van der Waals surface area contributed by atoms with E-state index in [0.29, 0.717) is 22.0 Å². The number of anilines is 2. The Morgan fingerprint density at radius 2 is 1.74 bits per heavy atom. The number of nitrogen functional groups attached to an aromatic ring is 1. The molecule has 0 aromatic heterocycles. The summed E-state index contributed by atoms with van der Waals surface area (Å²) in [5.74, 6) is -0.359. The lowest BCUT2D eigenvalue weighted by molar-refractivity contribution is -0.115. The van der Waals surface area contributed by atoms with Crippen LogP contribution in [0.3, 0.4) is 0 Å². The highest BCUT2D eigenvalue weighted by Gasteiger charge is 2.19. The fourth-order valence-electron chi connectivity index (χ4n) is 3.31. The zero-order chi connectivity index (χ0) is 19.2. The van der Waals surface area contributed by atoms with Gasteiger partial charge < -0.3 is 16.4 Å². The Labute approximate surface area is 164 Å². The zero-order valence-electron chi connectivity index (χ0n) is 15.1. The van der Waals surface area contributed by atoms with E-state index < -0.39 is 0 Å². The molecule has 2 amide bonds. The summed E-state index contributed by atoms with van der Waals surface area (Å²) in [6.45, 7) is 0. The highest BCUT2D eigenvalue weighted by molar-refractivity contribution is 6.34. The third-order valence-corrected chi connectivity index (χ3v) is 5.11. The summed E-state index contributed by atoms with van der Waals surface area (Å²) in [6.07, 6.45) is 5.73. The van der Waals surface area contributed by atoms with Crippen LogP contribution in [0.2, 0.25) is 5.02 Å². The molecule has 1 aliphatic carbocycles. The van der Waals surface area contributed by atoms with Crippen molar-refractivity contribution in [2.75, 3.05) is 11.1 Å². The Morgan fingerprint density at radius 1 is 1.04 bits per heavy atom. The predicted octanol–water partition coefficient (Wildman–Crippen LogP) is 4.17. The van der Waals surface area contributed by atoms with Gasteiger partial charge in [0.2, 0.25) is 5.91 Å². The summed E-state index contributed by atoms with van der Waals surface area (Å²) in [5, 5.41) is 6.25. The number of carbonyl (C=O) groups excluding carboxylic acids is 2. The molecule has 0 saturated heterocycles. The van der Waals surface area contributed by atoms with Gasteiger partial charge in [-0.1, -0.05) is 43.0 Å². The summed E-state index contributed by atoms with van der Waals surface area (Å²) in [7, 11) is 0. The average molecular weight is 386 g/mol. The van der Waals surface area contributed by atoms with E-state index in [2.05, 4.69) is 10.6 Å². The summed E-state index contributed by atoms with van der Waals surface area (Å²) in [5.41, 5.74) is 8.11. The van der Waals surface area contributed by atoms with Gasteiger partial charge in [-0.05, 0) is 48.7 Å². The molecule has 27 heavy (non-hydrogen) atoms. The summed E-state index contributed by atoms with van der Waals surface area (Å²) in [4.78, 5) is 24.8. The second-order valence-corrected chi connectivity index (χ2v) is 7.38. The maximum Gasteiger partial charge on any atom is 0.253 e. The third kappa shape index (κ3) is 5.47. The standard InChI is InChI=1S/C21H24ClN3O2/c22-19-11-10-17(24-20(26)12-14-6-8-15(23)9-7-14)13-18(19)21(27)25-16-4-2-1-3-5-16/h6-11,13,16H,1-5,12,23H2,(H,24,26)(H,25,27). The molecule has 142 valence electrons. The quantitative estimate of drug-likeness (QED) is 0.675. The van der Waals surface area contributed by atoms with Gasteiger partial charge in [-0.25, -0.2) is 0 Å². The Hall–Kier alpha value is -2.53. The van der Waals surface area contributed by atoms with Crippen molar-refractivity contribution in [1.29, 1.82) is 0 Å². The first-order valence-electron chi connectivity index (χ1n) is 9.26. The van der Waals surface area contributed by atoms with E-state index in [1.54, 1.807) is 30.3 Å². The molecule has 5 nitrogen and oxygen atoms in total. The van der Waals surface area contributed by atoms with Crippen molar-refractivity contribution in [2.45, 2.75) is 44.6 Å². The van der Waals surface area contributed by atoms with Crippen LogP contribution in [0.15, 0.2) is 42.5 Å². The van der Waals surface area contributed by atoms with Crippen LogP contribution in [0.25, 0.3) is 0 Å². The highest BCUT2D eigenvalue weighted by atomic mass is 35.5. The van der Waals surface area contributed by atoms with Crippen molar-refractivity contribution in [2.24, 2.45) is 0 Å². The number of halogens is 1. The predicted molar refractivity (Wildman–Crippen MR) is 109 cm³/mol. The van der Waals surface area contributed by atoms with Crippen molar-refractivity contribution >= 4 is 34.8 Å².